The fraction of sp³-hybridized carbons (Fsp3) is 0.0714. The van der Waals surface area contributed by atoms with Crippen molar-refractivity contribution in [2.24, 2.45) is 0 Å². The van der Waals surface area contributed by atoms with E-state index in [0.717, 1.165) is 44.7 Å². The lowest BCUT2D eigenvalue weighted by Crippen LogP contribution is -2.07. The molecule has 0 aliphatic heterocycles. The van der Waals surface area contributed by atoms with Gasteiger partial charge in [-0.3, -0.25) is 9.78 Å². The molecule has 6 nitrogen and oxygen atoms in total. The van der Waals surface area contributed by atoms with E-state index in [4.69, 9.17) is 4.98 Å². The average Bonchev–Trinajstić information content (AvgIpc) is 2.88. The number of nitrogens with one attached hydrogen (secondary N) is 2. The number of anilines is 2. The van der Waals surface area contributed by atoms with Crippen LogP contribution in [0.25, 0.3) is 33.2 Å². The maximum absolute atomic E-state index is 11.3. The Kier molecular flexibility index (Phi) is 5.95. The highest BCUT2D eigenvalue weighted by Gasteiger charge is 2.13. The molecular weight excluding hydrogens is 422 g/mol. The maximum atomic E-state index is 11.3. The van der Waals surface area contributed by atoms with Gasteiger partial charge in [0.05, 0.1) is 17.9 Å². The molecule has 2 N–H and O–H groups in total. The molecule has 5 aromatic rings. The topological polar surface area (TPSA) is 79.8 Å². The number of carbonyl (C=O) groups is 1. The largest absolute Gasteiger partial charge is 0.364 e. The Balaban J connectivity index is 1.62. The number of aromatic nitrogens is 3. The van der Waals surface area contributed by atoms with Crippen LogP contribution in [0.1, 0.15) is 12.6 Å². The average molecular weight is 446 g/mol. The molecule has 3 heterocycles. The van der Waals surface area contributed by atoms with Crippen LogP contribution in [-0.2, 0) is 11.3 Å². The van der Waals surface area contributed by atoms with E-state index in [2.05, 4.69) is 57.0 Å². The number of hydrogen-bond acceptors (Lipinski definition) is 5. The smallest absolute Gasteiger partial charge is 0.222 e. The van der Waals surface area contributed by atoms with Crippen molar-refractivity contribution in [1.82, 2.24) is 15.0 Å². The van der Waals surface area contributed by atoms with Crippen LogP contribution >= 0.6 is 0 Å². The Morgan fingerprint density at radius 2 is 1.71 bits per heavy atom. The minimum Gasteiger partial charge on any atom is -0.364 e. The fourth-order valence-electron chi connectivity index (χ4n) is 3.92. The molecule has 34 heavy (non-hydrogen) atoms. The van der Waals surface area contributed by atoms with Crippen LogP contribution in [0.4, 0.5) is 11.6 Å². The summed E-state index contributed by atoms with van der Waals surface area (Å²) in [4.78, 5) is 25.1. The van der Waals surface area contributed by atoms with Gasteiger partial charge in [-0.15, -0.1) is 0 Å². The first kappa shape index (κ1) is 21.3. The molecule has 0 aliphatic carbocycles. The molecule has 0 saturated carbocycles. The SMILES string of the molecule is CC(=O)Nc1ccc(-c2cc3cccc(-c4ccccc4)c3c(NCc3ccccn3)n2)cn1. The van der Waals surface area contributed by atoms with Gasteiger partial charge in [0.15, 0.2) is 0 Å². The molecular formula is C28H23N5O. The third-order valence-electron chi connectivity index (χ3n) is 5.47. The van der Waals surface area contributed by atoms with Crippen LogP contribution in [0.2, 0.25) is 0 Å². The number of pyridine rings is 3. The van der Waals surface area contributed by atoms with Crippen molar-refractivity contribution < 1.29 is 4.79 Å². The maximum Gasteiger partial charge on any atom is 0.222 e. The fourth-order valence-corrected chi connectivity index (χ4v) is 3.92. The molecule has 0 aliphatic rings. The second kappa shape index (κ2) is 9.50. The van der Waals surface area contributed by atoms with E-state index in [-0.39, 0.29) is 5.91 Å². The van der Waals surface area contributed by atoms with E-state index in [1.807, 2.05) is 42.5 Å². The highest BCUT2D eigenvalue weighted by Crippen LogP contribution is 2.35. The van der Waals surface area contributed by atoms with E-state index < -0.39 is 0 Å². The molecule has 2 aromatic carbocycles. The predicted octanol–water partition coefficient (Wildman–Crippen LogP) is 5.93. The van der Waals surface area contributed by atoms with E-state index in [0.29, 0.717) is 12.4 Å². The van der Waals surface area contributed by atoms with Crippen molar-refractivity contribution >= 4 is 28.3 Å². The molecule has 0 spiro atoms. The Hall–Kier alpha value is -4.58. The summed E-state index contributed by atoms with van der Waals surface area (Å²) in [6.45, 7) is 2.01. The molecule has 1 amide bonds. The third-order valence-corrected chi connectivity index (χ3v) is 5.47. The third kappa shape index (κ3) is 4.61. The molecule has 0 bridgehead atoms. The van der Waals surface area contributed by atoms with Crippen LogP contribution in [0, 0.1) is 0 Å². The molecule has 0 saturated heterocycles. The van der Waals surface area contributed by atoms with Crippen LogP contribution in [0.15, 0.2) is 97.3 Å². The van der Waals surface area contributed by atoms with Gasteiger partial charge in [0, 0.05) is 30.3 Å². The van der Waals surface area contributed by atoms with E-state index in [9.17, 15) is 4.79 Å². The van der Waals surface area contributed by atoms with Crippen molar-refractivity contribution in [3.63, 3.8) is 0 Å². The molecule has 5 rings (SSSR count). The Bertz CT molecular complexity index is 1440. The molecule has 3 aromatic heterocycles. The van der Waals surface area contributed by atoms with Crippen LogP contribution in [-0.4, -0.2) is 20.9 Å². The van der Waals surface area contributed by atoms with Gasteiger partial charge in [0.25, 0.3) is 0 Å². The summed E-state index contributed by atoms with van der Waals surface area (Å²) >= 11 is 0. The minimum absolute atomic E-state index is 0.154. The number of carbonyl (C=O) groups excluding carboxylic acids is 1. The van der Waals surface area contributed by atoms with Gasteiger partial charge in [0.2, 0.25) is 5.91 Å². The highest BCUT2D eigenvalue weighted by molar-refractivity contribution is 6.05. The van der Waals surface area contributed by atoms with Crippen molar-refractivity contribution in [2.45, 2.75) is 13.5 Å². The molecule has 0 radical (unpaired) electrons. The summed E-state index contributed by atoms with van der Waals surface area (Å²) in [5, 5.41) is 8.33. The van der Waals surface area contributed by atoms with E-state index >= 15 is 0 Å². The first-order valence-corrected chi connectivity index (χ1v) is 11.0. The van der Waals surface area contributed by atoms with Gasteiger partial charge in [-0.1, -0.05) is 54.6 Å². The Morgan fingerprint density at radius 1 is 0.853 bits per heavy atom. The second-order valence-corrected chi connectivity index (χ2v) is 7.91. The number of fused-ring (bicyclic) bond motifs is 1. The van der Waals surface area contributed by atoms with Crippen LogP contribution in [0.3, 0.4) is 0 Å². The summed E-state index contributed by atoms with van der Waals surface area (Å²) in [5.74, 6) is 1.14. The number of hydrogen-bond donors (Lipinski definition) is 2. The monoisotopic (exact) mass is 445 g/mol. The number of nitrogens with zero attached hydrogens (tertiary/aromatic N) is 3. The van der Waals surface area contributed by atoms with Gasteiger partial charge < -0.3 is 10.6 Å². The molecule has 166 valence electrons. The summed E-state index contributed by atoms with van der Waals surface area (Å²) < 4.78 is 0. The molecule has 0 unspecified atom stereocenters. The van der Waals surface area contributed by atoms with Crippen molar-refractivity contribution in [3.05, 3.63) is 103 Å². The summed E-state index contributed by atoms with van der Waals surface area (Å²) in [6.07, 6.45) is 3.51. The molecule has 0 atom stereocenters. The molecule has 6 heteroatoms. The quantitative estimate of drug-likeness (QED) is 0.339. The van der Waals surface area contributed by atoms with Gasteiger partial charge in [-0.25, -0.2) is 9.97 Å². The zero-order valence-electron chi connectivity index (χ0n) is 18.7. The van der Waals surface area contributed by atoms with Gasteiger partial charge in [-0.2, -0.15) is 0 Å². The van der Waals surface area contributed by atoms with Crippen molar-refractivity contribution in [2.75, 3.05) is 10.6 Å². The van der Waals surface area contributed by atoms with Gasteiger partial charge in [0.1, 0.15) is 11.6 Å². The summed E-state index contributed by atoms with van der Waals surface area (Å²) in [7, 11) is 0. The van der Waals surface area contributed by atoms with Crippen molar-refractivity contribution in [3.8, 4) is 22.4 Å². The lowest BCUT2D eigenvalue weighted by atomic mass is 9.97. The van der Waals surface area contributed by atoms with Crippen molar-refractivity contribution in [1.29, 1.82) is 0 Å². The molecule has 0 fully saturated rings. The normalized spacial score (nSPS) is 10.7. The minimum atomic E-state index is -0.154. The lowest BCUT2D eigenvalue weighted by Gasteiger charge is -2.15. The van der Waals surface area contributed by atoms with Gasteiger partial charge in [-0.05, 0) is 46.8 Å². The standard InChI is InChI=1S/C28H23N5O/c1-19(34)32-26-14-13-22(17-30-26)25-16-21-10-7-12-24(20-8-3-2-4-9-20)27(21)28(33-25)31-18-23-11-5-6-15-29-23/h2-17H,18H2,1H3,(H,31,33)(H,30,32,34). The zero-order chi connectivity index (χ0) is 23.3. The highest BCUT2D eigenvalue weighted by atomic mass is 16.1. The summed E-state index contributed by atoms with van der Waals surface area (Å²) in [5.41, 5.74) is 4.83. The number of benzene rings is 2. The van der Waals surface area contributed by atoms with Crippen LogP contribution < -0.4 is 10.6 Å². The second-order valence-electron chi connectivity index (χ2n) is 7.91. The Labute approximate surface area is 197 Å². The number of rotatable bonds is 6. The van der Waals surface area contributed by atoms with Crippen LogP contribution in [0.5, 0.6) is 0 Å². The predicted molar refractivity (Wildman–Crippen MR) is 136 cm³/mol. The zero-order valence-corrected chi connectivity index (χ0v) is 18.7. The first-order valence-electron chi connectivity index (χ1n) is 11.0. The lowest BCUT2D eigenvalue weighted by molar-refractivity contribution is -0.114. The van der Waals surface area contributed by atoms with E-state index in [1.165, 1.54) is 6.92 Å². The van der Waals surface area contributed by atoms with E-state index in [1.54, 1.807) is 18.5 Å². The Morgan fingerprint density at radius 3 is 2.44 bits per heavy atom. The first-order chi connectivity index (χ1) is 16.7. The summed E-state index contributed by atoms with van der Waals surface area (Å²) in [6, 6.07) is 28.2. The van der Waals surface area contributed by atoms with Gasteiger partial charge >= 0.3 is 0 Å². The number of amides is 1.